The number of benzene rings is 1. The molecule has 1 aromatic rings. The fourth-order valence-corrected chi connectivity index (χ4v) is 3.59. The van der Waals surface area contributed by atoms with Crippen LogP contribution in [0.1, 0.15) is 6.42 Å². The number of nitrogens with one attached hydrogen (secondary N) is 1. The third-order valence-corrected chi connectivity index (χ3v) is 5.11. The van der Waals surface area contributed by atoms with Crippen LogP contribution < -0.4 is 5.32 Å². The molecule has 0 atom stereocenters. The van der Waals surface area contributed by atoms with Crippen LogP contribution in [0, 0.1) is 10.1 Å². The van der Waals surface area contributed by atoms with Gasteiger partial charge in [-0.2, -0.15) is 0 Å². The summed E-state index contributed by atoms with van der Waals surface area (Å²) in [5.74, 6) is -0.227. The Labute approximate surface area is 128 Å². The number of para-hydroxylation sites is 2. The maximum atomic E-state index is 12.0. The monoisotopic (exact) mass is 327 g/mol. The van der Waals surface area contributed by atoms with Crippen molar-refractivity contribution >= 4 is 27.1 Å². The highest BCUT2D eigenvalue weighted by Crippen LogP contribution is 2.23. The molecule has 120 valence electrons. The van der Waals surface area contributed by atoms with Gasteiger partial charge >= 0.3 is 0 Å². The van der Waals surface area contributed by atoms with Crippen LogP contribution in [0.3, 0.4) is 0 Å². The van der Waals surface area contributed by atoms with Gasteiger partial charge in [-0.1, -0.05) is 12.1 Å². The molecule has 1 aliphatic rings. The SMILES string of the molecule is O=C(CN1CCCS(=O)(=O)CC1)Nc1ccccc1[N+](=O)[O-]. The number of nitro benzene ring substituents is 1. The lowest BCUT2D eigenvalue weighted by Gasteiger charge is -2.18. The third-order valence-electron chi connectivity index (χ3n) is 3.39. The van der Waals surface area contributed by atoms with Crippen molar-refractivity contribution in [2.45, 2.75) is 6.42 Å². The number of hydrogen-bond donors (Lipinski definition) is 1. The first-order chi connectivity index (χ1) is 10.4. The zero-order valence-corrected chi connectivity index (χ0v) is 12.7. The molecule has 0 saturated carbocycles. The summed E-state index contributed by atoms with van der Waals surface area (Å²) in [4.78, 5) is 24.1. The van der Waals surface area contributed by atoms with Gasteiger partial charge in [0, 0.05) is 12.6 Å². The number of carbonyl (C=O) groups excluding carboxylic acids is 1. The number of nitro groups is 1. The van der Waals surface area contributed by atoms with Crippen LogP contribution in [-0.4, -0.2) is 55.3 Å². The van der Waals surface area contributed by atoms with Crippen LogP contribution in [0.5, 0.6) is 0 Å². The number of nitrogens with zero attached hydrogens (tertiary/aromatic N) is 2. The highest BCUT2D eigenvalue weighted by molar-refractivity contribution is 7.91. The standard InChI is InChI=1S/C13H17N3O5S/c17-13(10-15-6-3-8-22(20,21)9-7-15)14-11-4-1-2-5-12(11)16(18)19/h1-2,4-5H,3,6-10H2,(H,14,17). The summed E-state index contributed by atoms with van der Waals surface area (Å²) in [7, 11) is -3.03. The molecule has 0 aromatic heterocycles. The van der Waals surface area contributed by atoms with E-state index in [0.29, 0.717) is 19.5 Å². The molecule has 2 rings (SSSR count). The Balaban J connectivity index is 1.97. The minimum Gasteiger partial charge on any atom is -0.319 e. The second kappa shape index (κ2) is 6.84. The molecular formula is C13H17N3O5S. The molecule has 0 aliphatic carbocycles. The first-order valence-electron chi connectivity index (χ1n) is 6.83. The van der Waals surface area contributed by atoms with E-state index in [1.807, 2.05) is 0 Å². The molecule has 8 nitrogen and oxygen atoms in total. The van der Waals surface area contributed by atoms with Crippen LogP contribution in [-0.2, 0) is 14.6 Å². The van der Waals surface area contributed by atoms with E-state index in [-0.39, 0.29) is 29.4 Å². The van der Waals surface area contributed by atoms with Crippen molar-refractivity contribution in [3.8, 4) is 0 Å². The van der Waals surface area contributed by atoms with Crippen molar-refractivity contribution in [3.05, 3.63) is 34.4 Å². The smallest absolute Gasteiger partial charge is 0.292 e. The molecule has 1 aromatic carbocycles. The fraction of sp³-hybridized carbons (Fsp3) is 0.462. The Morgan fingerprint density at radius 1 is 1.27 bits per heavy atom. The summed E-state index contributed by atoms with van der Waals surface area (Å²) in [5.41, 5.74) is -0.0331. The highest BCUT2D eigenvalue weighted by atomic mass is 32.2. The van der Waals surface area contributed by atoms with Gasteiger partial charge < -0.3 is 5.32 Å². The van der Waals surface area contributed by atoms with Gasteiger partial charge in [0.15, 0.2) is 9.84 Å². The molecule has 1 aliphatic heterocycles. The number of sulfone groups is 1. The average Bonchev–Trinajstić information content (AvgIpc) is 2.60. The van der Waals surface area contributed by atoms with Gasteiger partial charge in [0.25, 0.3) is 5.69 Å². The predicted molar refractivity (Wildman–Crippen MR) is 81.4 cm³/mol. The van der Waals surface area contributed by atoms with Crippen molar-refractivity contribution in [2.24, 2.45) is 0 Å². The summed E-state index contributed by atoms with van der Waals surface area (Å²) in [6, 6.07) is 5.89. The number of hydrogen-bond acceptors (Lipinski definition) is 6. The predicted octanol–water partition coefficient (Wildman–Crippen LogP) is 0.654. The summed E-state index contributed by atoms with van der Waals surface area (Å²) in [5, 5.41) is 13.4. The van der Waals surface area contributed by atoms with Crippen LogP contribution in [0.4, 0.5) is 11.4 Å². The normalized spacial score (nSPS) is 18.4. The Morgan fingerprint density at radius 3 is 2.73 bits per heavy atom. The van der Waals surface area contributed by atoms with E-state index in [2.05, 4.69) is 5.32 Å². The molecule has 1 saturated heterocycles. The average molecular weight is 327 g/mol. The molecule has 1 amide bonds. The maximum Gasteiger partial charge on any atom is 0.292 e. The molecule has 0 spiro atoms. The molecular weight excluding hydrogens is 310 g/mol. The third kappa shape index (κ3) is 4.50. The van der Waals surface area contributed by atoms with Crippen molar-refractivity contribution in [3.63, 3.8) is 0 Å². The molecule has 0 radical (unpaired) electrons. The van der Waals surface area contributed by atoms with Crippen LogP contribution in [0.2, 0.25) is 0 Å². The topological polar surface area (TPSA) is 110 Å². The zero-order chi connectivity index (χ0) is 16.2. The van der Waals surface area contributed by atoms with Gasteiger partial charge in [-0.05, 0) is 19.0 Å². The molecule has 1 N–H and O–H groups in total. The molecule has 0 bridgehead atoms. The first-order valence-corrected chi connectivity index (χ1v) is 8.65. The van der Waals surface area contributed by atoms with Crippen LogP contribution in [0.15, 0.2) is 24.3 Å². The Bertz CT molecular complexity index is 674. The van der Waals surface area contributed by atoms with Gasteiger partial charge in [0.05, 0.1) is 23.0 Å². The van der Waals surface area contributed by atoms with E-state index >= 15 is 0 Å². The Kier molecular flexibility index (Phi) is 5.09. The van der Waals surface area contributed by atoms with E-state index in [1.54, 1.807) is 11.0 Å². The number of anilines is 1. The minimum atomic E-state index is -3.03. The van der Waals surface area contributed by atoms with Crippen LogP contribution >= 0.6 is 0 Å². The number of amides is 1. The van der Waals surface area contributed by atoms with E-state index in [4.69, 9.17) is 0 Å². The molecule has 9 heteroatoms. The summed E-state index contributed by atoms with van der Waals surface area (Å²) in [6.45, 7) is 0.831. The zero-order valence-electron chi connectivity index (χ0n) is 11.9. The summed E-state index contributed by atoms with van der Waals surface area (Å²) < 4.78 is 23.0. The lowest BCUT2D eigenvalue weighted by molar-refractivity contribution is -0.383. The first kappa shape index (κ1) is 16.4. The van der Waals surface area contributed by atoms with Gasteiger partial charge in [0.2, 0.25) is 5.91 Å². The van der Waals surface area contributed by atoms with Crippen molar-refractivity contribution in [2.75, 3.05) is 36.5 Å². The Hall–Kier alpha value is -2.00. The van der Waals surface area contributed by atoms with E-state index < -0.39 is 20.7 Å². The van der Waals surface area contributed by atoms with Gasteiger partial charge in [0.1, 0.15) is 5.69 Å². The molecule has 0 unspecified atom stereocenters. The van der Waals surface area contributed by atoms with E-state index in [1.165, 1.54) is 18.2 Å². The molecule has 1 fully saturated rings. The lowest BCUT2D eigenvalue weighted by atomic mass is 10.2. The fourth-order valence-electron chi connectivity index (χ4n) is 2.28. The maximum absolute atomic E-state index is 12.0. The van der Waals surface area contributed by atoms with Crippen LogP contribution in [0.25, 0.3) is 0 Å². The summed E-state index contributed by atoms with van der Waals surface area (Å²) >= 11 is 0. The number of rotatable bonds is 4. The van der Waals surface area contributed by atoms with Gasteiger partial charge in [-0.25, -0.2) is 8.42 Å². The lowest BCUT2D eigenvalue weighted by Crippen LogP contribution is -2.35. The van der Waals surface area contributed by atoms with Gasteiger partial charge in [-0.15, -0.1) is 0 Å². The van der Waals surface area contributed by atoms with Gasteiger partial charge in [-0.3, -0.25) is 19.8 Å². The minimum absolute atomic E-state index is 0.0154. The second-order valence-electron chi connectivity index (χ2n) is 5.10. The quantitative estimate of drug-likeness (QED) is 0.642. The second-order valence-corrected chi connectivity index (χ2v) is 7.41. The van der Waals surface area contributed by atoms with Crippen molar-refractivity contribution in [1.82, 2.24) is 4.90 Å². The molecule has 22 heavy (non-hydrogen) atoms. The van der Waals surface area contributed by atoms with E-state index in [9.17, 15) is 23.3 Å². The van der Waals surface area contributed by atoms with E-state index in [0.717, 1.165) is 0 Å². The highest BCUT2D eigenvalue weighted by Gasteiger charge is 2.21. The summed E-state index contributed by atoms with van der Waals surface area (Å²) in [6.07, 6.45) is 0.487. The largest absolute Gasteiger partial charge is 0.319 e. The number of carbonyl (C=O) groups is 1. The Morgan fingerprint density at radius 2 is 2.00 bits per heavy atom. The van der Waals surface area contributed by atoms with Crippen molar-refractivity contribution < 1.29 is 18.1 Å². The van der Waals surface area contributed by atoms with Crippen molar-refractivity contribution in [1.29, 1.82) is 0 Å². The molecule has 1 heterocycles.